The van der Waals surface area contributed by atoms with Gasteiger partial charge in [-0.2, -0.15) is 11.8 Å². The van der Waals surface area contributed by atoms with Crippen molar-refractivity contribution in [2.45, 2.75) is 30.6 Å². The SMILES string of the molecule is CSCCC(NC(=O)C(CO)NC(=O)C(CO)NC(=O)C(N)CO)C(=O)O. The third-order valence-electron chi connectivity index (χ3n) is 3.39. The summed E-state index contributed by atoms with van der Waals surface area (Å²) in [5.74, 6) is -3.63. The van der Waals surface area contributed by atoms with Gasteiger partial charge in [0.25, 0.3) is 0 Å². The Bertz CT molecular complexity index is 521. The van der Waals surface area contributed by atoms with E-state index in [1.165, 1.54) is 11.8 Å². The van der Waals surface area contributed by atoms with Gasteiger partial charge in [-0.25, -0.2) is 4.79 Å². The molecule has 0 fully saturated rings. The quantitative estimate of drug-likeness (QED) is 0.146. The maximum absolute atomic E-state index is 12.1. The standard InChI is InChI=1S/C14H26N4O8S/c1-27-3-2-8(14(25)26)16-12(23)10(6-21)18-13(24)9(5-20)17-11(22)7(15)4-19/h7-10,19-21H,2-6,15H2,1H3,(H,16,23)(H,17,22)(H,18,24)(H,25,26). The van der Waals surface area contributed by atoms with Crippen LogP contribution in [0.5, 0.6) is 0 Å². The Morgan fingerprint density at radius 3 is 1.67 bits per heavy atom. The first-order chi connectivity index (χ1) is 12.7. The number of hydrogen-bond acceptors (Lipinski definition) is 9. The molecule has 0 saturated heterocycles. The topological polar surface area (TPSA) is 211 Å². The summed E-state index contributed by atoms with van der Waals surface area (Å²) in [6.45, 7) is -2.35. The molecule has 0 aromatic carbocycles. The number of carbonyl (C=O) groups excluding carboxylic acids is 3. The first kappa shape index (κ1) is 25.1. The molecule has 4 unspecified atom stereocenters. The fourth-order valence-electron chi connectivity index (χ4n) is 1.79. The Hall–Kier alpha value is -1.93. The molecule has 3 amide bonds. The summed E-state index contributed by atoms with van der Waals surface area (Å²) in [4.78, 5) is 46.9. The van der Waals surface area contributed by atoms with Gasteiger partial charge >= 0.3 is 5.97 Å². The van der Waals surface area contributed by atoms with Gasteiger partial charge in [-0.1, -0.05) is 0 Å². The number of hydrogen-bond donors (Lipinski definition) is 8. The molecule has 27 heavy (non-hydrogen) atoms. The van der Waals surface area contributed by atoms with Crippen LogP contribution in [0, 0.1) is 0 Å². The zero-order valence-electron chi connectivity index (χ0n) is 14.8. The average Bonchev–Trinajstić information content (AvgIpc) is 2.65. The average molecular weight is 410 g/mol. The number of thioether (sulfide) groups is 1. The van der Waals surface area contributed by atoms with Gasteiger partial charge in [-0.05, 0) is 18.4 Å². The Labute approximate surface area is 159 Å². The van der Waals surface area contributed by atoms with Crippen LogP contribution < -0.4 is 21.7 Å². The minimum absolute atomic E-state index is 0.142. The number of aliphatic hydroxyl groups is 3. The van der Waals surface area contributed by atoms with Crippen LogP contribution in [0.15, 0.2) is 0 Å². The molecule has 0 aromatic heterocycles. The fraction of sp³-hybridized carbons (Fsp3) is 0.714. The first-order valence-corrected chi connectivity index (χ1v) is 9.32. The number of amides is 3. The van der Waals surface area contributed by atoms with Crippen LogP contribution in [-0.4, -0.2) is 100 Å². The number of carboxylic acid groups (broad SMARTS) is 1. The van der Waals surface area contributed by atoms with Crippen LogP contribution in [0.1, 0.15) is 6.42 Å². The number of rotatable bonds is 13. The highest BCUT2D eigenvalue weighted by atomic mass is 32.2. The van der Waals surface area contributed by atoms with E-state index in [2.05, 4.69) is 16.0 Å². The number of nitrogens with two attached hydrogens (primary N) is 1. The lowest BCUT2D eigenvalue weighted by Gasteiger charge is -2.23. The molecule has 12 nitrogen and oxygen atoms in total. The van der Waals surface area contributed by atoms with Gasteiger partial charge in [0, 0.05) is 0 Å². The third kappa shape index (κ3) is 9.01. The van der Waals surface area contributed by atoms with Crippen molar-refractivity contribution in [2.24, 2.45) is 5.73 Å². The molecule has 0 spiro atoms. The molecule has 0 saturated carbocycles. The summed E-state index contributed by atoms with van der Waals surface area (Å²) in [7, 11) is 0. The molecule has 0 heterocycles. The fourth-order valence-corrected chi connectivity index (χ4v) is 2.26. The van der Waals surface area contributed by atoms with E-state index in [1.54, 1.807) is 6.26 Å². The maximum Gasteiger partial charge on any atom is 0.326 e. The molecule has 0 rings (SSSR count). The zero-order valence-corrected chi connectivity index (χ0v) is 15.6. The van der Waals surface area contributed by atoms with E-state index in [4.69, 9.17) is 15.9 Å². The molecule has 0 radical (unpaired) electrons. The number of aliphatic carboxylic acids is 1. The predicted octanol–water partition coefficient (Wildman–Crippen LogP) is -4.42. The Kier molecular flexibility index (Phi) is 12.3. The van der Waals surface area contributed by atoms with E-state index < -0.39 is 67.7 Å². The molecule has 13 heteroatoms. The van der Waals surface area contributed by atoms with Crippen molar-refractivity contribution in [2.75, 3.05) is 31.8 Å². The van der Waals surface area contributed by atoms with E-state index in [9.17, 15) is 29.4 Å². The van der Waals surface area contributed by atoms with E-state index in [-0.39, 0.29) is 6.42 Å². The van der Waals surface area contributed by atoms with Crippen molar-refractivity contribution in [1.82, 2.24) is 16.0 Å². The van der Waals surface area contributed by atoms with Crippen molar-refractivity contribution in [3.63, 3.8) is 0 Å². The van der Waals surface area contributed by atoms with E-state index in [0.717, 1.165) is 0 Å². The van der Waals surface area contributed by atoms with Crippen LogP contribution in [-0.2, 0) is 19.2 Å². The Morgan fingerprint density at radius 2 is 1.30 bits per heavy atom. The monoisotopic (exact) mass is 410 g/mol. The lowest BCUT2D eigenvalue weighted by Crippen LogP contribution is -2.59. The molecule has 0 aliphatic carbocycles. The number of carboxylic acids is 1. The van der Waals surface area contributed by atoms with Crippen LogP contribution in [0.25, 0.3) is 0 Å². The van der Waals surface area contributed by atoms with Crippen molar-refractivity contribution in [3.05, 3.63) is 0 Å². The highest BCUT2D eigenvalue weighted by Gasteiger charge is 2.29. The first-order valence-electron chi connectivity index (χ1n) is 7.92. The molecular formula is C14H26N4O8S. The maximum atomic E-state index is 12.1. The summed E-state index contributed by atoms with van der Waals surface area (Å²) >= 11 is 1.39. The van der Waals surface area contributed by atoms with Crippen molar-refractivity contribution < 1.29 is 39.6 Å². The second-order valence-corrected chi connectivity index (χ2v) is 6.44. The summed E-state index contributed by atoms with van der Waals surface area (Å²) in [5.41, 5.74) is 5.28. The molecule has 0 aromatic rings. The van der Waals surface area contributed by atoms with Gasteiger partial charge in [0.15, 0.2) is 0 Å². The van der Waals surface area contributed by atoms with Crippen molar-refractivity contribution in [3.8, 4) is 0 Å². The van der Waals surface area contributed by atoms with Crippen LogP contribution >= 0.6 is 11.8 Å². The van der Waals surface area contributed by atoms with E-state index >= 15 is 0 Å². The zero-order chi connectivity index (χ0) is 21.0. The minimum Gasteiger partial charge on any atom is -0.480 e. The molecule has 0 aliphatic heterocycles. The van der Waals surface area contributed by atoms with Gasteiger partial charge in [0.2, 0.25) is 17.7 Å². The highest BCUT2D eigenvalue weighted by Crippen LogP contribution is 2.02. The predicted molar refractivity (Wildman–Crippen MR) is 95.7 cm³/mol. The summed E-state index contributed by atoms with van der Waals surface area (Å²) < 4.78 is 0. The van der Waals surface area contributed by atoms with Crippen LogP contribution in [0.2, 0.25) is 0 Å². The number of aliphatic hydroxyl groups excluding tert-OH is 3. The van der Waals surface area contributed by atoms with E-state index in [0.29, 0.717) is 5.75 Å². The molecule has 0 aliphatic rings. The van der Waals surface area contributed by atoms with Gasteiger partial charge in [-0.3, -0.25) is 14.4 Å². The summed E-state index contributed by atoms with van der Waals surface area (Å²) in [5, 5.41) is 42.8. The van der Waals surface area contributed by atoms with Crippen LogP contribution in [0.4, 0.5) is 0 Å². The van der Waals surface area contributed by atoms with Crippen molar-refractivity contribution >= 4 is 35.5 Å². The number of nitrogens with one attached hydrogen (secondary N) is 3. The lowest BCUT2D eigenvalue weighted by atomic mass is 10.2. The Balaban J connectivity index is 4.90. The molecule has 9 N–H and O–H groups in total. The smallest absolute Gasteiger partial charge is 0.326 e. The van der Waals surface area contributed by atoms with Gasteiger partial charge in [0.05, 0.1) is 19.8 Å². The van der Waals surface area contributed by atoms with Gasteiger partial charge in [0.1, 0.15) is 24.2 Å². The third-order valence-corrected chi connectivity index (χ3v) is 4.03. The molecular weight excluding hydrogens is 384 g/mol. The molecule has 156 valence electrons. The molecule has 4 atom stereocenters. The van der Waals surface area contributed by atoms with E-state index in [1.807, 2.05) is 0 Å². The number of carbonyl (C=O) groups is 4. The van der Waals surface area contributed by atoms with Crippen molar-refractivity contribution in [1.29, 1.82) is 0 Å². The largest absolute Gasteiger partial charge is 0.480 e. The lowest BCUT2D eigenvalue weighted by molar-refractivity contribution is -0.142. The normalized spacial score (nSPS) is 15.1. The summed E-state index contributed by atoms with van der Waals surface area (Å²) in [6, 6.07) is -5.49. The van der Waals surface area contributed by atoms with Gasteiger partial charge < -0.3 is 42.1 Å². The molecule has 0 bridgehead atoms. The Morgan fingerprint density at radius 1 is 0.852 bits per heavy atom. The minimum atomic E-state index is -1.49. The second kappa shape index (κ2) is 13.3. The van der Waals surface area contributed by atoms with Gasteiger partial charge in [-0.15, -0.1) is 0 Å². The second-order valence-electron chi connectivity index (χ2n) is 5.46. The summed E-state index contributed by atoms with van der Waals surface area (Å²) in [6.07, 6.45) is 1.91. The highest BCUT2D eigenvalue weighted by molar-refractivity contribution is 7.98. The van der Waals surface area contributed by atoms with Crippen LogP contribution in [0.3, 0.4) is 0 Å².